The van der Waals surface area contributed by atoms with Crippen molar-refractivity contribution in [1.82, 2.24) is 14.7 Å². The minimum absolute atomic E-state index is 0.0248. The Labute approximate surface area is 213 Å². The maximum absolute atomic E-state index is 13.8. The number of carbonyl (C=O) groups excluding carboxylic acids is 3. The zero-order valence-corrected chi connectivity index (χ0v) is 21.6. The van der Waals surface area contributed by atoms with Crippen LogP contribution in [0.15, 0.2) is 54.6 Å². The molecule has 2 aromatic carbocycles. The molecule has 0 radical (unpaired) electrons. The second-order valence-electron chi connectivity index (χ2n) is 9.43. The Kier molecular flexibility index (Phi) is 7.82. The van der Waals surface area contributed by atoms with Gasteiger partial charge in [-0.2, -0.15) is 0 Å². The van der Waals surface area contributed by atoms with Crippen LogP contribution in [0.5, 0.6) is 0 Å². The summed E-state index contributed by atoms with van der Waals surface area (Å²) in [7, 11) is 0. The maximum atomic E-state index is 13.8. The first kappa shape index (κ1) is 25.5. The van der Waals surface area contributed by atoms with Gasteiger partial charge in [-0.15, -0.1) is 0 Å². The molecule has 36 heavy (non-hydrogen) atoms. The van der Waals surface area contributed by atoms with Crippen molar-refractivity contribution in [3.8, 4) is 0 Å². The highest BCUT2D eigenvalue weighted by Crippen LogP contribution is 2.39. The van der Waals surface area contributed by atoms with E-state index in [2.05, 4.69) is 17.1 Å². The quantitative estimate of drug-likeness (QED) is 0.640. The van der Waals surface area contributed by atoms with Gasteiger partial charge >= 0.3 is 6.03 Å². The summed E-state index contributed by atoms with van der Waals surface area (Å²) in [4.78, 5) is 47.1. The third kappa shape index (κ3) is 4.90. The Morgan fingerprint density at radius 3 is 2.22 bits per heavy atom. The van der Waals surface area contributed by atoms with Crippen LogP contribution in [-0.2, 0) is 16.0 Å². The van der Waals surface area contributed by atoms with E-state index in [0.29, 0.717) is 45.7 Å². The van der Waals surface area contributed by atoms with E-state index in [9.17, 15) is 14.4 Å². The fraction of sp³-hybridized carbons (Fsp3) is 0.464. The number of benzene rings is 2. The molecule has 0 aromatic heterocycles. The van der Waals surface area contributed by atoms with Gasteiger partial charge in [-0.1, -0.05) is 43.3 Å². The molecule has 0 aliphatic carbocycles. The summed E-state index contributed by atoms with van der Waals surface area (Å²) in [5, 5.41) is 3.05. The number of para-hydroxylation sites is 2. The first-order valence-electron chi connectivity index (χ1n) is 13.0. The minimum Gasteiger partial charge on any atom is -0.342 e. The molecular formula is C28H37N5O3. The molecule has 2 heterocycles. The zero-order valence-electron chi connectivity index (χ0n) is 21.6. The number of nitrogens with zero attached hydrogens (tertiary/aromatic N) is 4. The molecule has 0 atom stereocenters. The fourth-order valence-electron chi connectivity index (χ4n) is 5.39. The molecule has 2 saturated heterocycles. The number of carbonyl (C=O) groups is 3. The van der Waals surface area contributed by atoms with Crippen LogP contribution in [0.4, 0.5) is 16.2 Å². The summed E-state index contributed by atoms with van der Waals surface area (Å²) in [6.45, 7) is 8.58. The number of rotatable bonds is 7. The first-order valence-corrected chi connectivity index (χ1v) is 13.0. The van der Waals surface area contributed by atoms with E-state index in [1.807, 2.05) is 68.4 Å². The normalized spacial score (nSPS) is 17.0. The number of amides is 4. The van der Waals surface area contributed by atoms with Crippen molar-refractivity contribution in [3.63, 3.8) is 0 Å². The number of likely N-dealkylation sites (tertiary alicyclic amines) is 1. The van der Waals surface area contributed by atoms with Gasteiger partial charge in [0, 0.05) is 37.6 Å². The van der Waals surface area contributed by atoms with Crippen LogP contribution in [0.25, 0.3) is 0 Å². The van der Waals surface area contributed by atoms with Gasteiger partial charge in [-0.3, -0.25) is 9.59 Å². The van der Waals surface area contributed by atoms with Crippen molar-refractivity contribution in [1.29, 1.82) is 0 Å². The molecule has 0 bridgehead atoms. The monoisotopic (exact) mass is 491 g/mol. The second-order valence-corrected chi connectivity index (χ2v) is 9.43. The van der Waals surface area contributed by atoms with Crippen LogP contribution in [0.3, 0.4) is 0 Å². The van der Waals surface area contributed by atoms with Crippen molar-refractivity contribution in [2.75, 3.05) is 49.6 Å². The third-order valence-electron chi connectivity index (χ3n) is 7.54. The van der Waals surface area contributed by atoms with E-state index in [4.69, 9.17) is 0 Å². The number of piperidine rings is 1. The first-order chi connectivity index (χ1) is 17.4. The summed E-state index contributed by atoms with van der Waals surface area (Å²) in [6, 6.07) is 17.6. The van der Waals surface area contributed by atoms with Gasteiger partial charge in [-0.05, 0) is 56.9 Å². The second kappa shape index (κ2) is 11.0. The molecule has 0 saturated carbocycles. The molecule has 4 amide bonds. The zero-order chi connectivity index (χ0) is 25.7. The number of hydrogen-bond donors (Lipinski definition) is 1. The fourth-order valence-corrected chi connectivity index (χ4v) is 5.39. The topological polar surface area (TPSA) is 76.2 Å². The molecular weight excluding hydrogens is 454 g/mol. The predicted molar refractivity (Wildman–Crippen MR) is 142 cm³/mol. The Morgan fingerprint density at radius 2 is 1.58 bits per heavy atom. The Balaban J connectivity index is 1.51. The highest BCUT2D eigenvalue weighted by molar-refractivity contribution is 5.97. The average molecular weight is 492 g/mol. The van der Waals surface area contributed by atoms with E-state index >= 15 is 0 Å². The van der Waals surface area contributed by atoms with Crippen molar-refractivity contribution in [2.24, 2.45) is 0 Å². The van der Waals surface area contributed by atoms with E-state index in [1.165, 1.54) is 0 Å². The van der Waals surface area contributed by atoms with Crippen LogP contribution in [0.2, 0.25) is 0 Å². The van der Waals surface area contributed by atoms with Gasteiger partial charge in [0.2, 0.25) is 5.91 Å². The van der Waals surface area contributed by atoms with Crippen LogP contribution >= 0.6 is 0 Å². The van der Waals surface area contributed by atoms with Crippen LogP contribution in [0, 0.1) is 0 Å². The van der Waals surface area contributed by atoms with Gasteiger partial charge in [0.05, 0.1) is 6.67 Å². The molecule has 1 N–H and O–H groups in total. The molecule has 192 valence electrons. The SMILES string of the molecule is CCc1ccccc1NC(=O)N1CCC2(CC1)C(=O)N(CC(=O)N(CC)CC)CN2c1ccccc1. The van der Waals surface area contributed by atoms with Crippen molar-refractivity contribution >= 4 is 29.2 Å². The number of hydrogen-bond acceptors (Lipinski definition) is 4. The summed E-state index contributed by atoms with van der Waals surface area (Å²) in [6.07, 6.45) is 1.86. The molecule has 2 aliphatic rings. The number of likely N-dealkylation sites (N-methyl/N-ethyl adjacent to an activating group) is 1. The number of urea groups is 1. The van der Waals surface area contributed by atoms with Crippen molar-refractivity contribution < 1.29 is 14.4 Å². The number of anilines is 2. The smallest absolute Gasteiger partial charge is 0.321 e. The molecule has 2 aromatic rings. The lowest BCUT2D eigenvalue weighted by Gasteiger charge is -2.43. The summed E-state index contributed by atoms with van der Waals surface area (Å²) in [5.74, 6) is -0.0620. The van der Waals surface area contributed by atoms with Gasteiger partial charge in [0.15, 0.2) is 0 Å². The molecule has 2 aliphatic heterocycles. The molecule has 2 fully saturated rings. The van der Waals surface area contributed by atoms with E-state index in [-0.39, 0.29) is 24.4 Å². The molecule has 8 nitrogen and oxygen atoms in total. The largest absolute Gasteiger partial charge is 0.342 e. The molecule has 1 spiro atoms. The summed E-state index contributed by atoms with van der Waals surface area (Å²) >= 11 is 0. The highest BCUT2D eigenvalue weighted by atomic mass is 16.2. The van der Waals surface area contributed by atoms with Gasteiger partial charge in [0.25, 0.3) is 5.91 Å². The van der Waals surface area contributed by atoms with E-state index in [1.54, 1.807) is 14.7 Å². The van der Waals surface area contributed by atoms with Gasteiger partial charge in [0.1, 0.15) is 12.1 Å². The lowest BCUT2D eigenvalue weighted by atomic mass is 9.85. The highest BCUT2D eigenvalue weighted by Gasteiger charge is 2.54. The lowest BCUT2D eigenvalue weighted by Crippen LogP contribution is -2.58. The molecule has 8 heteroatoms. The van der Waals surface area contributed by atoms with Crippen molar-refractivity contribution in [3.05, 3.63) is 60.2 Å². The van der Waals surface area contributed by atoms with Gasteiger partial charge < -0.3 is 24.9 Å². The Hall–Kier alpha value is -3.55. The average Bonchev–Trinajstić information content (AvgIpc) is 3.16. The molecule has 0 unspecified atom stereocenters. The molecule has 4 rings (SSSR count). The Morgan fingerprint density at radius 1 is 0.944 bits per heavy atom. The third-order valence-corrected chi connectivity index (χ3v) is 7.54. The van der Waals surface area contributed by atoms with E-state index < -0.39 is 5.54 Å². The maximum Gasteiger partial charge on any atom is 0.321 e. The lowest BCUT2D eigenvalue weighted by molar-refractivity contribution is -0.140. The van der Waals surface area contributed by atoms with Crippen molar-refractivity contribution in [2.45, 2.75) is 45.6 Å². The minimum atomic E-state index is -0.761. The Bertz CT molecular complexity index is 1080. The van der Waals surface area contributed by atoms with Crippen LogP contribution < -0.4 is 10.2 Å². The standard InChI is InChI=1S/C28H37N5O3/c1-4-22-12-10-11-15-24(22)29-27(36)31-18-16-28(17-19-31)26(35)32(20-25(34)30(5-2)6-3)21-33(28)23-13-8-7-9-14-23/h7-15H,4-6,16-21H2,1-3H3,(H,29,36). The van der Waals surface area contributed by atoms with Gasteiger partial charge in [-0.25, -0.2) is 4.79 Å². The van der Waals surface area contributed by atoms with E-state index in [0.717, 1.165) is 23.4 Å². The van der Waals surface area contributed by atoms with Crippen LogP contribution in [-0.4, -0.2) is 77.5 Å². The predicted octanol–water partition coefficient (Wildman–Crippen LogP) is 3.79. The number of aryl methyl sites for hydroxylation is 1. The summed E-state index contributed by atoms with van der Waals surface area (Å²) in [5.41, 5.74) is 2.12. The summed E-state index contributed by atoms with van der Waals surface area (Å²) < 4.78 is 0. The number of nitrogens with one attached hydrogen (secondary N) is 1. The van der Waals surface area contributed by atoms with Crippen LogP contribution in [0.1, 0.15) is 39.2 Å².